The summed E-state index contributed by atoms with van der Waals surface area (Å²) in [7, 11) is -3.71. The number of rotatable bonds is 8. The predicted molar refractivity (Wildman–Crippen MR) is 125 cm³/mol. The van der Waals surface area contributed by atoms with E-state index in [4.69, 9.17) is 9.88 Å². The van der Waals surface area contributed by atoms with Crippen LogP contribution in [0.1, 0.15) is 27.2 Å². The Hall–Kier alpha value is -3.69. The Bertz CT molecular complexity index is 1400. The lowest BCUT2D eigenvalue weighted by Gasteiger charge is -2.08. The highest BCUT2D eigenvalue weighted by atomic mass is 32.2. The number of fused-ring (bicyclic) bond motifs is 1. The van der Waals surface area contributed by atoms with Gasteiger partial charge in [0.2, 0.25) is 10.0 Å². The van der Waals surface area contributed by atoms with Crippen LogP contribution in [0.2, 0.25) is 0 Å². The van der Waals surface area contributed by atoms with E-state index in [-0.39, 0.29) is 10.8 Å². The molecule has 0 radical (unpaired) electrons. The lowest BCUT2D eigenvalue weighted by Crippen LogP contribution is -2.25. The van der Waals surface area contributed by atoms with E-state index in [9.17, 15) is 13.2 Å². The summed E-state index contributed by atoms with van der Waals surface area (Å²) in [6.07, 6.45) is 4.42. The number of nitrogens with one attached hydrogen (secondary N) is 1. The smallest absolute Gasteiger partial charge is 0.251 e. The lowest BCUT2D eigenvalue weighted by atomic mass is 10.1. The Kier molecular flexibility index (Phi) is 6.43. The second-order valence-electron chi connectivity index (χ2n) is 7.67. The Morgan fingerprint density at radius 3 is 2.64 bits per heavy atom. The molecule has 3 N–H and O–H groups in total. The lowest BCUT2D eigenvalue weighted by molar-refractivity contribution is 0.0953. The molecule has 0 aliphatic rings. The first-order chi connectivity index (χ1) is 15.8. The van der Waals surface area contributed by atoms with Gasteiger partial charge in [-0.25, -0.2) is 18.5 Å². The normalized spacial score (nSPS) is 11.5. The van der Waals surface area contributed by atoms with Crippen molar-refractivity contribution in [2.24, 2.45) is 5.14 Å². The zero-order valence-corrected chi connectivity index (χ0v) is 18.9. The predicted octanol–water partition coefficient (Wildman–Crippen LogP) is 2.84. The van der Waals surface area contributed by atoms with Crippen LogP contribution in [0.15, 0.2) is 78.0 Å². The van der Waals surface area contributed by atoms with Crippen LogP contribution in [0.25, 0.3) is 5.65 Å². The van der Waals surface area contributed by atoms with E-state index in [1.54, 1.807) is 36.4 Å². The third-order valence-corrected chi connectivity index (χ3v) is 6.09. The number of benzene rings is 2. The zero-order valence-electron chi connectivity index (χ0n) is 18.1. The second kappa shape index (κ2) is 9.43. The first-order valence-electron chi connectivity index (χ1n) is 10.4. The van der Waals surface area contributed by atoms with E-state index in [1.165, 1.54) is 12.1 Å². The van der Waals surface area contributed by atoms with Crippen molar-refractivity contribution in [2.45, 2.75) is 24.8 Å². The molecule has 2 aromatic heterocycles. The van der Waals surface area contributed by atoms with Gasteiger partial charge in [0.25, 0.3) is 5.91 Å². The summed E-state index contributed by atoms with van der Waals surface area (Å²) in [6, 6.07) is 17.2. The summed E-state index contributed by atoms with van der Waals surface area (Å²) in [5.74, 6) is 0.361. The van der Waals surface area contributed by atoms with Gasteiger partial charge >= 0.3 is 0 Å². The Morgan fingerprint density at radius 1 is 1.12 bits per heavy atom. The van der Waals surface area contributed by atoms with Crippen LogP contribution >= 0.6 is 0 Å². The molecular formula is C24H24N4O4S. The summed E-state index contributed by atoms with van der Waals surface area (Å²) in [5, 5.41) is 7.97. The third kappa shape index (κ3) is 5.57. The maximum atomic E-state index is 12.5. The van der Waals surface area contributed by atoms with Crippen molar-refractivity contribution in [3.05, 3.63) is 95.4 Å². The largest absolute Gasteiger partial charge is 0.487 e. The molecule has 0 fully saturated rings. The van der Waals surface area contributed by atoms with Crippen LogP contribution in [0.3, 0.4) is 0 Å². The number of pyridine rings is 1. The number of nitrogens with zero attached hydrogens (tertiary/aromatic N) is 2. The number of aryl methyl sites for hydroxylation is 1. The molecule has 0 bridgehead atoms. The minimum Gasteiger partial charge on any atom is -0.487 e. The molecule has 0 atom stereocenters. The number of ether oxygens (including phenoxy) is 1. The Morgan fingerprint density at radius 2 is 1.91 bits per heavy atom. The van der Waals surface area contributed by atoms with Gasteiger partial charge < -0.3 is 14.5 Å². The number of hydrogen-bond acceptors (Lipinski definition) is 5. The summed E-state index contributed by atoms with van der Waals surface area (Å²) in [4.78, 5) is 17.2. The molecule has 0 unspecified atom stereocenters. The highest BCUT2D eigenvalue weighted by Crippen LogP contribution is 2.16. The van der Waals surface area contributed by atoms with E-state index in [2.05, 4.69) is 10.3 Å². The van der Waals surface area contributed by atoms with Crippen molar-refractivity contribution in [1.29, 1.82) is 0 Å². The van der Waals surface area contributed by atoms with Gasteiger partial charge in [0, 0.05) is 24.5 Å². The van der Waals surface area contributed by atoms with Gasteiger partial charge in [-0.05, 0) is 60.9 Å². The van der Waals surface area contributed by atoms with E-state index in [1.807, 2.05) is 35.9 Å². The number of amides is 1. The molecule has 2 heterocycles. The monoisotopic (exact) mass is 464 g/mol. The molecule has 1 amide bonds. The zero-order chi connectivity index (χ0) is 23.4. The van der Waals surface area contributed by atoms with Crippen molar-refractivity contribution >= 4 is 21.6 Å². The summed E-state index contributed by atoms with van der Waals surface area (Å²) >= 11 is 0. The number of carbonyl (C=O) groups is 1. The van der Waals surface area contributed by atoms with E-state index in [0.717, 1.165) is 22.5 Å². The van der Waals surface area contributed by atoms with Gasteiger partial charge in [-0.1, -0.05) is 24.3 Å². The molecule has 0 saturated carbocycles. The first-order valence-corrected chi connectivity index (χ1v) is 11.9. The van der Waals surface area contributed by atoms with E-state index in [0.29, 0.717) is 30.9 Å². The maximum Gasteiger partial charge on any atom is 0.251 e. The number of sulfonamides is 1. The second-order valence-corrected chi connectivity index (χ2v) is 9.23. The quantitative estimate of drug-likeness (QED) is 0.416. The van der Waals surface area contributed by atoms with Crippen LogP contribution in [0.5, 0.6) is 5.75 Å². The molecule has 2 aromatic carbocycles. The molecule has 9 heteroatoms. The van der Waals surface area contributed by atoms with Crippen LogP contribution in [0, 0.1) is 6.92 Å². The minimum atomic E-state index is -3.71. The summed E-state index contributed by atoms with van der Waals surface area (Å²) in [5.41, 5.74) is 4.16. The number of hydrogen-bond donors (Lipinski definition) is 2. The molecular weight excluding hydrogens is 440 g/mol. The fraction of sp³-hybridized carbons (Fsp3) is 0.167. The summed E-state index contributed by atoms with van der Waals surface area (Å²) < 4.78 is 30.4. The van der Waals surface area contributed by atoms with Crippen molar-refractivity contribution in [3.8, 4) is 5.75 Å². The molecule has 0 spiro atoms. The van der Waals surface area contributed by atoms with Crippen LogP contribution in [-0.2, 0) is 23.1 Å². The standard InChI is InChI=1S/C24H24N4O4S/c1-17-4-3-13-28-15-20(27-23(17)28)16-32-21-6-2-5-19(14-21)24(29)26-12-11-18-7-9-22(10-8-18)33(25,30)31/h2-10,13-15H,11-12,16H2,1H3,(H,26,29)(H2,25,30,31). The Labute approximate surface area is 192 Å². The topological polar surface area (TPSA) is 116 Å². The highest BCUT2D eigenvalue weighted by molar-refractivity contribution is 7.89. The van der Waals surface area contributed by atoms with Gasteiger partial charge in [-0.15, -0.1) is 0 Å². The SMILES string of the molecule is Cc1cccn2cc(COc3cccc(C(=O)NCCc4ccc(S(N)(=O)=O)cc4)c3)nc12. The first kappa shape index (κ1) is 22.5. The minimum absolute atomic E-state index is 0.0610. The molecule has 0 saturated heterocycles. The fourth-order valence-corrected chi connectivity index (χ4v) is 3.94. The Balaban J connectivity index is 1.32. The van der Waals surface area contributed by atoms with E-state index >= 15 is 0 Å². The van der Waals surface area contributed by atoms with Crippen molar-refractivity contribution in [1.82, 2.24) is 14.7 Å². The molecule has 33 heavy (non-hydrogen) atoms. The van der Waals surface area contributed by atoms with Gasteiger partial charge in [-0.3, -0.25) is 4.79 Å². The van der Waals surface area contributed by atoms with Crippen LogP contribution in [0.4, 0.5) is 0 Å². The van der Waals surface area contributed by atoms with Crippen LogP contribution in [-0.4, -0.2) is 30.3 Å². The molecule has 170 valence electrons. The van der Waals surface area contributed by atoms with E-state index < -0.39 is 10.0 Å². The van der Waals surface area contributed by atoms with Crippen molar-refractivity contribution in [2.75, 3.05) is 6.54 Å². The van der Waals surface area contributed by atoms with Gasteiger partial charge in [0.15, 0.2) is 0 Å². The van der Waals surface area contributed by atoms with Crippen molar-refractivity contribution < 1.29 is 17.9 Å². The van der Waals surface area contributed by atoms with Gasteiger partial charge in [0.05, 0.1) is 10.6 Å². The molecule has 8 nitrogen and oxygen atoms in total. The van der Waals surface area contributed by atoms with Crippen molar-refractivity contribution in [3.63, 3.8) is 0 Å². The number of aromatic nitrogens is 2. The molecule has 0 aliphatic heterocycles. The number of carbonyl (C=O) groups excluding carboxylic acids is 1. The third-order valence-electron chi connectivity index (χ3n) is 5.16. The highest BCUT2D eigenvalue weighted by Gasteiger charge is 2.09. The average Bonchev–Trinajstić information content (AvgIpc) is 3.22. The van der Waals surface area contributed by atoms with Crippen LogP contribution < -0.4 is 15.2 Å². The fourth-order valence-electron chi connectivity index (χ4n) is 3.43. The molecule has 4 rings (SSSR count). The summed E-state index contributed by atoms with van der Waals surface area (Å²) in [6.45, 7) is 2.70. The molecule has 0 aliphatic carbocycles. The molecule has 4 aromatic rings. The number of nitrogens with two attached hydrogens (primary N) is 1. The number of imidazole rings is 1. The van der Waals surface area contributed by atoms with Gasteiger partial charge in [0.1, 0.15) is 18.0 Å². The average molecular weight is 465 g/mol. The number of primary sulfonamides is 1. The van der Waals surface area contributed by atoms with Gasteiger partial charge in [-0.2, -0.15) is 0 Å². The maximum absolute atomic E-state index is 12.5.